The average Bonchev–Trinajstić information content (AvgIpc) is 2.49. The molecule has 0 bridgehead atoms. The van der Waals surface area contributed by atoms with Crippen LogP contribution in [0.5, 0.6) is 0 Å². The van der Waals surface area contributed by atoms with Crippen molar-refractivity contribution in [3.63, 3.8) is 0 Å². The fourth-order valence-electron chi connectivity index (χ4n) is 2.01. The Bertz CT molecular complexity index is 165. The van der Waals surface area contributed by atoms with Crippen molar-refractivity contribution in [3.05, 3.63) is 0 Å². The van der Waals surface area contributed by atoms with E-state index in [9.17, 15) is 5.11 Å². The van der Waals surface area contributed by atoms with Crippen LogP contribution < -0.4 is 5.32 Å². The van der Waals surface area contributed by atoms with Crippen molar-refractivity contribution in [1.82, 2.24) is 5.32 Å². The minimum Gasteiger partial charge on any atom is -0.390 e. The zero-order chi connectivity index (χ0) is 10.6. The Balaban J connectivity index is 2.18. The summed E-state index contributed by atoms with van der Waals surface area (Å²) in [6.07, 6.45) is 4.77. The number of hydrogen-bond acceptors (Lipinski definition) is 3. The van der Waals surface area contributed by atoms with Crippen LogP contribution in [0, 0.1) is 0 Å². The smallest absolute Gasteiger partial charge is 0.0724 e. The van der Waals surface area contributed by atoms with Crippen molar-refractivity contribution in [1.29, 1.82) is 0 Å². The summed E-state index contributed by atoms with van der Waals surface area (Å²) in [5.74, 6) is 0. The van der Waals surface area contributed by atoms with E-state index < -0.39 is 5.60 Å². The standard InChI is InChI=1S/C11H23NO2/c1-11(2,13)7-8-12-9-5-4-6-10(9)14-3/h9-10,12-13H,4-8H2,1-3H3. The van der Waals surface area contributed by atoms with Crippen LogP contribution in [0.4, 0.5) is 0 Å². The first-order valence-corrected chi connectivity index (χ1v) is 5.51. The molecule has 0 aliphatic heterocycles. The van der Waals surface area contributed by atoms with E-state index in [1.165, 1.54) is 12.8 Å². The molecule has 1 rings (SSSR count). The van der Waals surface area contributed by atoms with Crippen molar-refractivity contribution in [2.75, 3.05) is 13.7 Å². The van der Waals surface area contributed by atoms with Crippen LogP contribution >= 0.6 is 0 Å². The molecule has 1 saturated carbocycles. The number of hydrogen-bond donors (Lipinski definition) is 2. The molecule has 0 aromatic carbocycles. The van der Waals surface area contributed by atoms with Gasteiger partial charge in [-0.3, -0.25) is 0 Å². The van der Waals surface area contributed by atoms with Gasteiger partial charge in [-0.1, -0.05) is 0 Å². The number of nitrogens with one attached hydrogen (secondary N) is 1. The first-order valence-electron chi connectivity index (χ1n) is 5.51. The summed E-state index contributed by atoms with van der Waals surface area (Å²) in [5, 5.41) is 13.0. The van der Waals surface area contributed by atoms with Gasteiger partial charge in [0, 0.05) is 13.2 Å². The molecule has 1 aliphatic rings. The Hall–Kier alpha value is -0.120. The highest BCUT2D eigenvalue weighted by Crippen LogP contribution is 2.21. The molecule has 1 aliphatic carbocycles. The fourth-order valence-corrected chi connectivity index (χ4v) is 2.01. The lowest BCUT2D eigenvalue weighted by molar-refractivity contribution is 0.0612. The largest absolute Gasteiger partial charge is 0.390 e. The Labute approximate surface area is 86.8 Å². The van der Waals surface area contributed by atoms with E-state index in [0.717, 1.165) is 19.4 Å². The number of aliphatic hydroxyl groups is 1. The number of methoxy groups -OCH3 is 1. The highest BCUT2D eigenvalue weighted by Gasteiger charge is 2.26. The van der Waals surface area contributed by atoms with Crippen LogP contribution in [0.25, 0.3) is 0 Å². The topological polar surface area (TPSA) is 41.5 Å². The zero-order valence-corrected chi connectivity index (χ0v) is 9.55. The Kier molecular flexibility index (Phi) is 4.35. The molecule has 0 aromatic heterocycles. The van der Waals surface area contributed by atoms with Crippen LogP contribution in [0.15, 0.2) is 0 Å². The Morgan fingerprint density at radius 1 is 1.43 bits per heavy atom. The molecule has 84 valence electrons. The molecule has 0 radical (unpaired) electrons. The minimum atomic E-state index is -0.561. The highest BCUT2D eigenvalue weighted by atomic mass is 16.5. The predicted molar refractivity (Wildman–Crippen MR) is 57.4 cm³/mol. The fraction of sp³-hybridized carbons (Fsp3) is 1.00. The lowest BCUT2D eigenvalue weighted by Gasteiger charge is -2.22. The van der Waals surface area contributed by atoms with Gasteiger partial charge >= 0.3 is 0 Å². The molecule has 0 spiro atoms. The van der Waals surface area contributed by atoms with Crippen molar-refractivity contribution < 1.29 is 9.84 Å². The third-order valence-electron chi connectivity index (χ3n) is 2.90. The Morgan fingerprint density at radius 3 is 2.71 bits per heavy atom. The SMILES string of the molecule is COC1CCCC1NCCC(C)(C)O. The van der Waals surface area contributed by atoms with Gasteiger partial charge < -0.3 is 15.2 Å². The van der Waals surface area contributed by atoms with Gasteiger partial charge in [0.1, 0.15) is 0 Å². The first kappa shape index (κ1) is 12.0. The third kappa shape index (κ3) is 3.95. The molecule has 2 N–H and O–H groups in total. The summed E-state index contributed by atoms with van der Waals surface area (Å²) in [7, 11) is 1.78. The molecule has 2 atom stereocenters. The molecule has 0 heterocycles. The normalized spacial score (nSPS) is 28.3. The van der Waals surface area contributed by atoms with E-state index in [1.54, 1.807) is 7.11 Å². The number of ether oxygens (including phenoxy) is 1. The van der Waals surface area contributed by atoms with Crippen LogP contribution in [0.3, 0.4) is 0 Å². The van der Waals surface area contributed by atoms with Gasteiger partial charge in [0.25, 0.3) is 0 Å². The van der Waals surface area contributed by atoms with Gasteiger partial charge in [-0.15, -0.1) is 0 Å². The van der Waals surface area contributed by atoms with E-state index in [-0.39, 0.29) is 0 Å². The lowest BCUT2D eigenvalue weighted by atomic mass is 10.1. The molecule has 3 nitrogen and oxygen atoms in total. The monoisotopic (exact) mass is 201 g/mol. The molecular formula is C11H23NO2. The maximum absolute atomic E-state index is 9.54. The van der Waals surface area contributed by atoms with Gasteiger partial charge in [0.05, 0.1) is 11.7 Å². The van der Waals surface area contributed by atoms with Crippen molar-refractivity contribution in [3.8, 4) is 0 Å². The van der Waals surface area contributed by atoms with E-state index in [1.807, 2.05) is 13.8 Å². The van der Waals surface area contributed by atoms with Crippen LogP contribution in [0.2, 0.25) is 0 Å². The molecule has 3 heteroatoms. The van der Waals surface area contributed by atoms with E-state index in [0.29, 0.717) is 12.1 Å². The summed E-state index contributed by atoms with van der Waals surface area (Å²) < 4.78 is 5.38. The summed E-state index contributed by atoms with van der Waals surface area (Å²) in [4.78, 5) is 0. The minimum absolute atomic E-state index is 0.372. The highest BCUT2D eigenvalue weighted by molar-refractivity contribution is 4.84. The van der Waals surface area contributed by atoms with Gasteiger partial charge in [-0.25, -0.2) is 0 Å². The third-order valence-corrected chi connectivity index (χ3v) is 2.90. The van der Waals surface area contributed by atoms with Gasteiger partial charge in [0.2, 0.25) is 0 Å². The summed E-state index contributed by atoms with van der Waals surface area (Å²) in [6.45, 7) is 4.56. The maximum Gasteiger partial charge on any atom is 0.0724 e. The molecule has 0 amide bonds. The lowest BCUT2D eigenvalue weighted by Crippen LogP contribution is -2.39. The Morgan fingerprint density at radius 2 is 2.14 bits per heavy atom. The molecule has 1 fully saturated rings. The second-order valence-corrected chi connectivity index (χ2v) is 4.83. The molecule has 0 saturated heterocycles. The second-order valence-electron chi connectivity index (χ2n) is 4.83. The second kappa shape index (κ2) is 5.10. The van der Waals surface area contributed by atoms with E-state index in [2.05, 4.69) is 5.32 Å². The van der Waals surface area contributed by atoms with Crippen LogP contribution in [0.1, 0.15) is 39.5 Å². The quantitative estimate of drug-likeness (QED) is 0.704. The van der Waals surface area contributed by atoms with Gasteiger partial charge in [-0.2, -0.15) is 0 Å². The zero-order valence-electron chi connectivity index (χ0n) is 9.55. The van der Waals surface area contributed by atoms with E-state index in [4.69, 9.17) is 4.74 Å². The summed E-state index contributed by atoms with van der Waals surface area (Å²) >= 11 is 0. The number of rotatable bonds is 5. The first-order chi connectivity index (χ1) is 6.53. The van der Waals surface area contributed by atoms with Crippen LogP contribution in [-0.4, -0.2) is 36.5 Å². The average molecular weight is 201 g/mol. The molecular weight excluding hydrogens is 178 g/mol. The molecule has 2 unspecified atom stereocenters. The molecule has 14 heavy (non-hydrogen) atoms. The van der Waals surface area contributed by atoms with Gasteiger partial charge in [0.15, 0.2) is 0 Å². The maximum atomic E-state index is 9.54. The van der Waals surface area contributed by atoms with Crippen molar-refractivity contribution in [2.24, 2.45) is 0 Å². The van der Waals surface area contributed by atoms with Crippen molar-refractivity contribution >= 4 is 0 Å². The molecule has 0 aromatic rings. The van der Waals surface area contributed by atoms with Crippen molar-refractivity contribution in [2.45, 2.75) is 57.3 Å². The van der Waals surface area contributed by atoms with Gasteiger partial charge in [-0.05, 0) is 46.1 Å². The predicted octanol–water partition coefficient (Wildman–Crippen LogP) is 1.30. The van der Waals surface area contributed by atoms with Crippen LogP contribution in [-0.2, 0) is 4.74 Å². The van der Waals surface area contributed by atoms with E-state index >= 15 is 0 Å². The summed E-state index contributed by atoms with van der Waals surface area (Å²) in [5.41, 5.74) is -0.561. The summed E-state index contributed by atoms with van der Waals surface area (Å²) in [6, 6.07) is 0.488.